The number of piperidine rings is 2. The summed E-state index contributed by atoms with van der Waals surface area (Å²) >= 11 is 0. The number of hydrogen-bond donors (Lipinski definition) is 0. The first-order valence-electron chi connectivity index (χ1n) is 11.1. The standard InChI is InChI=1S/C24H30F3N3O/c1-16-12-18(15-30(14-16)22(31)13-17-7-10-29(2)11-8-17)19-5-6-21(24(25,26)27)23-20(19)4-3-9-28-23/h3-6,9,16-18H,7-8,10-15H2,1-2H3/t16-,18+/m1/s1. The van der Waals surface area contributed by atoms with E-state index in [0.717, 1.165) is 50.5 Å². The van der Waals surface area contributed by atoms with Gasteiger partial charge in [-0.2, -0.15) is 13.2 Å². The fourth-order valence-corrected chi connectivity index (χ4v) is 5.20. The van der Waals surface area contributed by atoms with Crippen molar-refractivity contribution in [2.24, 2.45) is 11.8 Å². The van der Waals surface area contributed by atoms with Gasteiger partial charge in [0.15, 0.2) is 0 Å². The maximum atomic E-state index is 13.5. The smallest absolute Gasteiger partial charge is 0.342 e. The minimum Gasteiger partial charge on any atom is -0.342 e. The molecule has 0 bridgehead atoms. The largest absolute Gasteiger partial charge is 0.418 e. The van der Waals surface area contributed by atoms with E-state index in [9.17, 15) is 18.0 Å². The molecular formula is C24H30F3N3O. The average molecular weight is 434 g/mol. The minimum absolute atomic E-state index is 0.00470. The first kappa shape index (κ1) is 22.1. The Morgan fingerprint density at radius 3 is 2.61 bits per heavy atom. The summed E-state index contributed by atoms with van der Waals surface area (Å²) in [5.41, 5.74) is 0.153. The molecule has 4 nitrogen and oxygen atoms in total. The number of aromatic nitrogens is 1. The Labute approximate surface area is 181 Å². The van der Waals surface area contributed by atoms with Gasteiger partial charge < -0.3 is 9.80 Å². The molecule has 2 fully saturated rings. The number of carbonyl (C=O) groups is 1. The number of nitrogens with zero attached hydrogens (tertiary/aromatic N) is 3. The summed E-state index contributed by atoms with van der Waals surface area (Å²) in [6.45, 7) is 5.46. The van der Waals surface area contributed by atoms with Gasteiger partial charge in [0.2, 0.25) is 5.91 Å². The summed E-state index contributed by atoms with van der Waals surface area (Å²) in [6.07, 6.45) is 0.480. The third-order valence-corrected chi connectivity index (χ3v) is 6.86. The minimum atomic E-state index is -4.44. The van der Waals surface area contributed by atoms with Crippen molar-refractivity contribution in [3.8, 4) is 0 Å². The van der Waals surface area contributed by atoms with Crippen LogP contribution in [0, 0.1) is 11.8 Å². The van der Waals surface area contributed by atoms with Gasteiger partial charge in [-0.05, 0) is 68.9 Å². The van der Waals surface area contributed by atoms with E-state index in [4.69, 9.17) is 0 Å². The van der Waals surface area contributed by atoms with Crippen LogP contribution in [-0.2, 0) is 11.0 Å². The second kappa shape index (κ2) is 8.77. The van der Waals surface area contributed by atoms with Crippen LogP contribution in [0.1, 0.15) is 49.7 Å². The van der Waals surface area contributed by atoms with Crippen LogP contribution in [0.4, 0.5) is 13.2 Å². The van der Waals surface area contributed by atoms with E-state index in [1.54, 1.807) is 18.2 Å². The Hall–Kier alpha value is -2.15. The first-order chi connectivity index (χ1) is 14.7. The van der Waals surface area contributed by atoms with Crippen molar-refractivity contribution in [3.05, 3.63) is 41.6 Å². The van der Waals surface area contributed by atoms with E-state index in [0.29, 0.717) is 30.2 Å². The van der Waals surface area contributed by atoms with Gasteiger partial charge in [-0.1, -0.05) is 19.1 Å². The van der Waals surface area contributed by atoms with E-state index >= 15 is 0 Å². The van der Waals surface area contributed by atoms with Crippen molar-refractivity contribution in [2.75, 3.05) is 33.2 Å². The molecule has 2 atom stereocenters. The van der Waals surface area contributed by atoms with Crippen LogP contribution in [0.2, 0.25) is 0 Å². The van der Waals surface area contributed by atoms with Crippen LogP contribution < -0.4 is 0 Å². The summed E-state index contributed by atoms with van der Waals surface area (Å²) in [5.74, 6) is 0.921. The summed E-state index contributed by atoms with van der Waals surface area (Å²) < 4.78 is 40.4. The van der Waals surface area contributed by atoms with Gasteiger partial charge in [-0.15, -0.1) is 0 Å². The average Bonchev–Trinajstić information content (AvgIpc) is 2.73. The molecule has 31 heavy (non-hydrogen) atoms. The number of amides is 1. The molecule has 0 spiro atoms. The molecule has 4 rings (SSSR count). The maximum absolute atomic E-state index is 13.5. The van der Waals surface area contributed by atoms with E-state index in [2.05, 4.69) is 23.9 Å². The van der Waals surface area contributed by atoms with Crippen molar-refractivity contribution in [2.45, 2.75) is 44.7 Å². The third-order valence-electron chi connectivity index (χ3n) is 6.86. The zero-order valence-electron chi connectivity index (χ0n) is 18.2. The van der Waals surface area contributed by atoms with Crippen molar-refractivity contribution in [1.82, 2.24) is 14.8 Å². The van der Waals surface area contributed by atoms with Crippen molar-refractivity contribution >= 4 is 16.8 Å². The SMILES string of the molecule is C[C@@H]1C[C@H](c2ccc(C(F)(F)F)c3ncccc23)CN(C(=O)CC2CCN(C)CC2)C1. The zero-order valence-corrected chi connectivity index (χ0v) is 18.2. The molecule has 7 heteroatoms. The topological polar surface area (TPSA) is 36.4 Å². The van der Waals surface area contributed by atoms with Crippen LogP contribution in [0.25, 0.3) is 10.9 Å². The number of hydrogen-bond acceptors (Lipinski definition) is 3. The highest BCUT2D eigenvalue weighted by Crippen LogP contribution is 2.39. The molecule has 3 heterocycles. The van der Waals surface area contributed by atoms with Gasteiger partial charge >= 0.3 is 6.18 Å². The van der Waals surface area contributed by atoms with E-state index in [1.807, 2.05) is 4.90 Å². The van der Waals surface area contributed by atoms with E-state index in [-0.39, 0.29) is 17.3 Å². The van der Waals surface area contributed by atoms with E-state index < -0.39 is 11.7 Å². The molecule has 1 amide bonds. The van der Waals surface area contributed by atoms with Crippen LogP contribution in [-0.4, -0.2) is 53.9 Å². The number of alkyl halides is 3. The molecule has 2 aliphatic rings. The molecule has 1 aromatic heterocycles. The number of benzene rings is 1. The molecule has 2 aromatic rings. The molecule has 0 unspecified atom stereocenters. The van der Waals surface area contributed by atoms with Gasteiger partial charge in [-0.3, -0.25) is 9.78 Å². The van der Waals surface area contributed by atoms with Gasteiger partial charge in [-0.25, -0.2) is 0 Å². The number of carbonyl (C=O) groups excluding carboxylic acids is 1. The highest BCUT2D eigenvalue weighted by atomic mass is 19.4. The number of fused-ring (bicyclic) bond motifs is 1. The fraction of sp³-hybridized carbons (Fsp3) is 0.583. The first-order valence-corrected chi connectivity index (χ1v) is 11.1. The number of rotatable bonds is 3. The number of pyridine rings is 1. The third kappa shape index (κ3) is 4.86. The van der Waals surface area contributed by atoms with Crippen molar-refractivity contribution in [1.29, 1.82) is 0 Å². The molecule has 0 radical (unpaired) electrons. The molecule has 1 aromatic carbocycles. The Kier molecular flexibility index (Phi) is 6.24. The highest BCUT2D eigenvalue weighted by Gasteiger charge is 2.36. The molecular weight excluding hydrogens is 403 g/mol. The summed E-state index contributed by atoms with van der Waals surface area (Å²) in [7, 11) is 2.11. The van der Waals surface area contributed by atoms with Crippen LogP contribution >= 0.6 is 0 Å². The lowest BCUT2D eigenvalue weighted by Gasteiger charge is -2.38. The molecule has 2 saturated heterocycles. The van der Waals surface area contributed by atoms with Crippen LogP contribution in [0.3, 0.4) is 0 Å². The molecule has 2 aliphatic heterocycles. The summed E-state index contributed by atoms with van der Waals surface area (Å²) in [5, 5.41) is 0.541. The predicted octanol–water partition coefficient (Wildman–Crippen LogP) is 4.94. The molecule has 0 saturated carbocycles. The monoisotopic (exact) mass is 433 g/mol. The van der Waals surface area contributed by atoms with E-state index in [1.165, 1.54) is 6.20 Å². The number of halogens is 3. The van der Waals surface area contributed by atoms with Gasteiger partial charge in [0.1, 0.15) is 0 Å². The lowest BCUT2D eigenvalue weighted by molar-refractivity contribution is -0.136. The zero-order chi connectivity index (χ0) is 22.2. The van der Waals surface area contributed by atoms with Gasteiger partial charge in [0.05, 0.1) is 11.1 Å². The van der Waals surface area contributed by atoms with Gasteiger partial charge in [0, 0.05) is 37.0 Å². The fourth-order valence-electron chi connectivity index (χ4n) is 5.20. The molecule has 168 valence electrons. The molecule has 0 aliphatic carbocycles. The Balaban J connectivity index is 1.56. The summed E-state index contributed by atoms with van der Waals surface area (Å²) in [4.78, 5) is 21.4. The normalized spacial score (nSPS) is 24.0. The Bertz CT molecular complexity index is 937. The highest BCUT2D eigenvalue weighted by molar-refractivity contribution is 5.86. The predicted molar refractivity (Wildman–Crippen MR) is 115 cm³/mol. The van der Waals surface area contributed by atoms with Crippen LogP contribution in [0.5, 0.6) is 0 Å². The summed E-state index contributed by atoms with van der Waals surface area (Å²) in [6, 6.07) is 6.14. The lowest BCUT2D eigenvalue weighted by Crippen LogP contribution is -2.43. The lowest BCUT2D eigenvalue weighted by atomic mass is 9.82. The van der Waals surface area contributed by atoms with Crippen molar-refractivity contribution < 1.29 is 18.0 Å². The second-order valence-electron chi connectivity index (χ2n) is 9.39. The van der Waals surface area contributed by atoms with Crippen molar-refractivity contribution in [3.63, 3.8) is 0 Å². The number of likely N-dealkylation sites (tertiary alicyclic amines) is 2. The Morgan fingerprint density at radius 1 is 1.16 bits per heavy atom. The quantitative estimate of drug-likeness (QED) is 0.688. The van der Waals surface area contributed by atoms with Gasteiger partial charge in [0.25, 0.3) is 0 Å². The second-order valence-corrected chi connectivity index (χ2v) is 9.39. The molecule has 0 N–H and O–H groups in total. The van der Waals surface area contributed by atoms with Crippen LogP contribution in [0.15, 0.2) is 30.5 Å². The maximum Gasteiger partial charge on any atom is 0.418 e. The Morgan fingerprint density at radius 2 is 1.90 bits per heavy atom.